The fourth-order valence-electron chi connectivity index (χ4n) is 3.28. The van der Waals surface area contributed by atoms with E-state index in [0.29, 0.717) is 31.7 Å². The summed E-state index contributed by atoms with van der Waals surface area (Å²) in [5, 5.41) is 4.02. The molecule has 0 aliphatic carbocycles. The van der Waals surface area contributed by atoms with Crippen LogP contribution in [0, 0.1) is 0 Å². The molecule has 0 aromatic carbocycles. The zero-order chi connectivity index (χ0) is 19.5. The third-order valence-corrected chi connectivity index (χ3v) is 4.72. The first-order chi connectivity index (χ1) is 13.6. The monoisotopic (exact) mass is 379 g/mol. The number of aromatic nitrogens is 3. The van der Waals surface area contributed by atoms with E-state index in [0.717, 1.165) is 22.4 Å². The van der Waals surface area contributed by atoms with Crippen molar-refractivity contribution in [1.29, 1.82) is 0 Å². The van der Waals surface area contributed by atoms with E-state index >= 15 is 0 Å². The molecule has 1 amide bonds. The number of amides is 1. The number of nitrogens with zero attached hydrogens (tertiary/aromatic N) is 3. The van der Waals surface area contributed by atoms with Crippen molar-refractivity contribution in [2.75, 3.05) is 24.6 Å². The Bertz CT molecular complexity index is 993. The lowest BCUT2D eigenvalue weighted by molar-refractivity contribution is -0.121. The standard InChI is InChI=1S/C20H21N5O3/c1-2-28-20(27)13-5-6-17(22-9-13)25-11-15(12-25)24-18(26)8-14-10-23-19-16(14)4-3-7-21-19/h3-7,9-10,15H,2,8,11-12H2,1H3,(H,21,23)(H,24,26). The third-order valence-electron chi connectivity index (χ3n) is 4.72. The van der Waals surface area contributed by atoms with Crippen LogP contribution in [0.5, 0.6) is 0 Å². The van der Waals surface area contributed by atoms with Crippen LogP contribution in [0.4, 0.5) is 5.82 Å². The first kappa shape index (κ1) is 18.0. The zero-order valence-corrected chi connectivity index (χ0v) is 15.5. The molecular formula is C20H21N5O3. The molecule has 0 spiro atoms. The summed E-state index contributed by atoms with van der Waals surface area (Å²) in [7, 11) is 0. The van der Waals surface area contributed by atoms with Crippen LogP contribution in [0.15, 0.2) is 42.9 Å². The topological polar surface area (TPSA) is 100 Å². The van der Waals surface area contributed by atoms with Gasteiger partial charge >= 0.3 is 5.97 Å². The number of carbonyl (C=O) groups is 2. The average molecular weight is 379 g/mol. The smallest absolute Gasteiger partial charge is 0.339 e. The summed E-state index contributed by atoms with van der Waals surface area (Å²) in [6.45, 7) is 3.48. The van der Waals surface area contributed by atoms with E-state index in [2.05, 4.69) is 25.2 Å². The Labute approximate surface area is 161 Å². The molecule has 3 aromatic rings. The second-order valence-corrected chi connectivity index (χ2v) is 6.69. The molecule has 1 fully saturated rings. The van der Waals surface area contributed by atoms with Gasteiger partial charge in [0, 0.05) is 37.1 Å². The molecule has 4 rings (SSSR count). The SMILES string of the molecule is CCOC(=O)c1ccc(N2CC(NC(=O)Cc3c[nH]c4ncccc34)C2)nc1. The molecule has 8 nitrogen and oxygen atoms in total. The van der Waals surface area contributed by atoms with Gasteiger partial charge in [-0.1, -0.05) is 0 Å². The van der Waals surface area contributed by atoms with Gasteiger partial charge in [0.1, 0.15) is 11.5 Å². The van der Waals surface area contributed by atoms with Gasteiger partial charge in [-0.05, 0) is 36.8 Å². The van der Waals surface area contributed by atoms with Crippen molar-refractivity contribution in [3.05, 3.63) is 54.0 Å². The van der Waals surface area contributed by atoms with Gasteiger partial charge in [0.2, 0.25) is 5.91 Å². The molecule has 3 aromatic heterocycles. The van der Waals surface area contributed by atoms with Crippen molar-refractivity contribution < 1.29 is 14.3 Å². The maximum Gasteiger partial charge on any atom is 0.339 e. The summed E-state index contributed by atoms with van der Waals surface area (Å²) in [5.41, 5.74) is 2.16. The van der Waals surface area contributed by atoms with Crippen molar-refractivity contribution >= 4 is 28.7 Å². The van der Waals surface area contributed by atoms with Gasteiger partial charge in [-0.3, -0.25) is 4.79 Å². The highest BCUT2D eigenvalue weighted by Crippen LogP contribution is 2.20. The molecule has 0 bridgehead atoms. The lowest BCUT2D eigenvalue weighted by atomic mass is 10.1. The Morgan fingerprint density at radius 3 is 2.89 bits per heavy atom. The molecule has 0 saturated carbocycles. The van der Waals surface area contributed by atoms with Crippen LogP contribution in [0.1, 0.15) is 22.8 Å². The van der Waals surface area contributed by atoms with Crippen molar-refractivity contribution in [2.24, 2.45) is 0 Å². The number of aromatic amines is 1. The summed E-state index contributed by atoms with van der Waals surface area (Å²) in [6.07, 6.45) is 5.39. The molecule has 4 heterocycles. The van der Waals surface area contributed by atoms with Crippen molar-refractivity contribution in [2.45, 2.75) is 19.4 Å². The molecule has 0 atom stereocenters. The first-order valence-corrected chi connectivity index (χ1v) is 9.22. The lowest BCUT2D eigenvalue weighted by Crippen LogP contribution is -2.60. The van der Waals surface area contributed by atoms with Crippen LogP contribution in [-0.2, 0) is 16.0 Å². The summed E-state index contributed by atoms with van der Waals surface area (Å²) >= 11 is 0. The van der Waals surface area contributed by atoms with E-state index < -0.39 is 0 Å². The zero-order valence-electron chi connectivity index (χ0n) is 15.5. The molecule has 1 aliphatic heterocycles. The Hall–Kier alpha value is -3.42. The Morgan fingerprint density at radius 1 is 1.29 bits per heavy atom. The summed E-state index contributed by atoms with van der Waals surface area (Å²) < 4.78 is 4.95. The largest absolute Gasteiger partial charge is 0.462 e. The lowest BCUT2D eigenvalue weighted by Gasteiger charge is -2.40. The predicted molar refractivity (Wildman–Crippen MR) is 104 cm³/mol. The second kappa shape index (κ2) is 7.67. The van der Waals surface area contributed by atoms with Gasteiger partial charge in [-0.2, -0.15) is 0 Å². The van der Waals surface area contributed by atoms with Crippen molar-refractivity contribution in [1.82, 2.24) is 20.3 Å². The first-order valence-electron chi connectivity index (χ1n) is 9.22. The van der Waals surface area contributed by atoms with Crippen LogP contribution in [0.2, 0.25) is 0 Å². The van der Waals surface area contributed by atoms with Crippen LogP contribution in [-0.4, -0.2) is 52.6 Å². The number of hydrogen-bond acceptors (Lipinski definition) is 6. The maximum atomic E-state index is 12.4. The summed E-state index contributed by atoms with van der Waals surface area (Å²) in [4.78, 5) is 37.7. The van der Waals surface area contributed by atoms with Gasteiger partial charge < -0.3 is 19.9 Å². The third kappa shape index (κ3) is 3.66. The van der Waals surface area contributed by atoms with Crippen molar-refractivity contribution in [3.8, 4) is 0 Å². The molecular weight excluding hydrogens is 358 g/mol. The highest BCUT2D eigenvalue weighted by atomic mass is 16.5. The number of nitrogens with one attached hydrogen (secondary N) is 2. The minimum atomic E-state index is -0.372. The number of fused-ring (bicyclic) bond motifs is 1. The number of esters is 1. The number of anilines is 1. The summed E-state index contributed by atoms with van der Waals surface area (Å²) in [5.74, 6) is 0.393. The van der Waals surface area contributed by atoms with Gasteiger partial charge in [-0.25, -0.2) is 14.8 Å². The van der Waals surface area contributed by atoms with Gasteiger partial charge in [0.15, 0.2) is 0 Å². The molecule has 0 unspecified atom stereocenters. The van der Waals surface area contributed by atoms with Gasteiger partial charge in [0.05, 0.1) is 24.6 Å². The highest BCUT2D eigenvalue weighted by molar-refractivity contribution is 5.89. The van der Waals surface area contributed by atoms with Crippen LogP contribution in [0.3, 0.4) is 0 Å². The molecule has 8 heteroatoms. The quantitative estimate of drug-likeness (QED) is 0.632. The Kier molecular flexibility index (Phi) is 4.92. The van der Waals surface area contributed by atoms with E-state index in [1.165, 1.54) is 6.20 Å². The minimum absolute atomic E-state index is 0.0139. The van der Waals surface area contributed by atoms with E-state index in [-0.39, 0.29) is 17.9 Å². The fraction of sp³-hybridized carbons (Fsp3) is 0.300. The Balaban J connectivity index is 1.28. The average Bonchev–Trinajstić information content (AvgIpc) is 3.08. The highest BCUT2D eigenvalue weighted by Gasteiger charge is 2.29. The second-order valence-electron chi connectivity index (χ2n) is 6.69. The molecule has 1 saturated heterocycles. The maximum absolute atomic E-state index is 12.4. The Morgan fingerprint density at radius 2 is 2.14 bits per heavy atom. The van der Waals surface area contributed by atoms with E-state index in [1.54, 1.807) is 25.3 Å². The number of hydrogen-bond donors (Lipinski definition) is 2. The summed E-state index contributed by atoms with van der Waals surface area (Å²) in [6, 6.07) is 7.41. The van der Waals surface area contributed by atoms with Gasteiger partial charge in [0.25, 0.3) is 0 Å². The minimum Gasteiger partial charge on any atom is -0.462 e. The molecule has 144 valence electrons. The normalized spacial score (nSPS) is 14.0. The fourth-order valence-corrected chi connectivity index (χ4v) is 3.28. The van der Waals surface area contributed by atoms with Crippen molar-refractivity contribution in [3.63, 3.8) is 0 Å². The molecule has 1 aliphatic rings. The van der Waals surface area contributed by atoms with E-state index in [9.17, 15) is 9.59 Å². The molecule has 2 N–H and O–H groups in total. The molecule has 28 heavy (non-hydrogen) atoms. The van der Waals surface area contributed by atoms with Crippen LogP contribution in [0.25, 0.3) is 11.0 Å². The number of rotatable bonds is 6. The van der Waals surface area contributed by atoms with Crippen LogP contribution < -0.4 is 10.2 Å². The number of H-pyrrole nitrogens is 1. The number of pyridine rings is 2. The number of ether oxygens (including phenoxy) is 1. The van der Waals surface area contributed by atoms with Crippen LogP contribution >= 0.6 is 0 Å². The van der Waals surface area contributed by atoms with E-state index in [4.69, 9.17) is 4.74 Å². The number of carbonyl (C=O) groups excluding carboxylic acids is 2. The van der Waals surface area contributed by atoms with E-state index in [1.807, 2.05) is 18.3 Å². The molecule has 0 radical (unpaired) electrons. The van der Waals surface area contributed by atoms with Gasteiger partial charge in [-0.15, -0.1) is 0 Å². The predicted octanol–water partition coefficient (Wildman–Crippen LogP) is 1.68.